The Morgan fingerprint density at radius 2 is 2.00 bits per heavy atom. The van der Waals surface area contributed by atoms with E-state index in [-0.39, 0.29) is 0 Å². The van der Waals surface area contributed by atoms with Gasteiger partial charge in [0.25, 0.3) is 0 Å². The summed E-state index contributed by atoms with van der Waals surface area (Å²) in [5.41, 5.74) is 0.362. The standard InChI is InChI=1S/C10H16O/c1-6-4-10(3)5-8(6)9(11)7(10)2/h6-8H,4-5H2,1-3H3/t6-,7-,8-,10-/m1/s1. The largest absolute Gasteiger partial charge is 0.299 e. The molecule has 1 heteroatoms. The molecule has 2 fully saturated rings. The fraction of sp³-hybridized carbons (Fsp3) is 0.900. The molecule has 0 unspecified atom stereocenters. The van der Waals surface area contributed by atoms with Crippen LogP contribution in [0.3, 0.4) is 0 Å². The Morgan fingerprint density at radius 3 is 2.36 bits per heavy atom. The zero-order valence-corrected chi connectivity index (χ0v) is 7.55. The highest BCUT2D eigenvalue weighted by Crippen LogP contribution is 2.57. The Hall–Kier alpha value is -0.330. The van der Waals surface area contributed by atoms with E-state index < -0.39 is 0 Å². The maximum Gasteiger partial charge on any atom is 0.139 e. The van der Waals surface area contributed by atoms with Gasteiger partial charge >= 0.3 is 0 Å². The first-order chi connectivity index (χ1) is 5.04. The summed E-state index contributed by atoms with van der Waals surface area (Å²) in [5.74, 6) is 1.94. The number of carbonyl (C=O) groups is 1. The van der Waals surface area contributed by atoms with E-state index >= 15 is 0 Å². The minimum atomic E-state index is 0.337. The molecule has 0 spiro atoms. The van der Waals surface area contributed by atoms with Crippen LogP contribution in [0.5, 0.6) is 0 Å². The van der Waals surface area contributed by atoms with Gasteiger partial charge in [-0.1, -0.05) is 20.8 Å². The van der Waals surface area contributed by atoms with Crippen molar-refractivity contribution in [2.45, 2.75) is 33.6 Å². The summed E-state index contributed by atoms with van der Waals surface area (Å²) >= 11 is 0. The average Bonchev–Trinajstić information content (AvgIpc) is 2.32. The molecule has 2 aliphatic rings. The van der Waals surface area contributed by atoms with Gasteiger partial charge in [0.1, 0.15) is 5.78 Å². The van der Waals surface area contributed by atoms with Crippen LogP contribution in [0.15, 0.2) is 0 Å². The van der Waals surface area contributed by atoms with Gasteiger partial charge in [-0.15, -0.1) is 0 Å². The van der Waals surface area contributed by atoms with Gasteiger partial charge in [-0.2, -0.15) is 0 Å². The number of rotatable bonds is 0. The topological polar surface area (TPSA) is 17.1 Å². The van der Waals surface area contributed by atoms with Crippen molar-refractivity contribution in [1.29, 1.82) is 0 Å². The summed E-state index contributed by atoms with van der Waals surface area (Å²) in [6.45, 7) is 6.60. The molecule has 2 saturated carbocycles. The van der Waals surface area contributed by atoms with E-state index in [0.29, 0.717) is 29.0 Å². The molecule has 62 valence electrons. The van der Waals surface area contributed by atoms with Crippen LogP contribution >= 0.6 is 0 Å². The van der Waals surface area contributed by atoms with Gasteiger partial charge < -0.3 is 0 Å². The van der Waals surface area contributed by atoms with Gasteiger partial charge in [0, 0.05) is 11.8 Å². The van der Waals surface area contributed by atoms with E-state index in [4.69, 9.17) is 0 Å². The van der Waals surface area contributed by atoms with E-state index in [1.807, 2.05) is 0 Å². The monoisotopic (exact) mass is 152 g/mol. The lowest BCUT2D eigenvalue weighted by Crippen LogP contribution is -2.30. The fourth-order valence-electron chi connectivity index (χ4n) is 3.06. The summed E-state index contributed by atoms with van der Waals surface area (Å²) in [7, 11) is 0. The third-order valence-electron chi connectivity index (χ3n) is 4.00. The Morgan fingerprint density at radius 1 is 1.36 bits per heavy atom. The lowest BCUT2D eigenvalue weighted by molar-refractivity contribution is -0.127. The number of hydrogen-bond acceptors (Lipinski definition) is 1. The first-order valence-corrected chi connectivity index (χ1v) is 4.58. The Balaban J connectivity index is 2.34. The van der Waals surface area contributed by atoms with Crippen LogP contribution in [0.25, 0.3) is 0 Å². The molecule has 0 aromatic rings. The lowest BCUT2D eigenvalue weighted by atomic mass is 9.74. The van der Waals surface area contributed by atoms with Crippen molar-refractivity contribution in [1.82, 2.24) is 0 Å². The summed E-state index contributed by atoms with van der Waals surface area (Å²) in [5, 5.41) is 0. The molecule has 2 rings (SSSR count). The van der Waals surface area contributed by atoms with E-state index in [2.05, 4.69) is 20.8 Å². The van der Waals surface area contributed by atoms with Gasteiger partial charge in [-0.25, -0.2) is 0 Å². The zero-order chi connectivity index (χ0) is 8.22. The van der Waals surface area contributed by atoms with Crippen LogP contribution in [0.4, 0.5) is 0 Å². The van der Waals surface area contributed by atoms with Crippen LogP contribution in [0.1, 0.15) is 33.6 Å². The molecular weight excluding hydrogens is 136 g/mol. The maximum atomic E-state index is 11.6. The third-order valence-corrected chi connectivity index (χ3v) is 4.00. The van der Waals surface area contributed by atoms with Crippen molar-refractivity contribution in [3.8, 4) is 0 Å². The molecule has 0 aromatic heterocycles. The lowest BCUT2D eigenvalue weighted by Gasteiger charge is -2.29. The van der Waals surface area contributed by atoms with Gasteiger partial charge in [-0.3, -0.25) is 4.79 Å². The van der Waals surface area contributed by atoms with E-state index in [0.717, 1.165) is 6.42 Å². The number of fused-ring (bicyclic) bond motifs is 2. The van der Waals surface area contributed by atoms with Crippen molar-refractivity contribution in [3.63, 3.8) is 0 Å². The zero-order valence-electron chi connectivity index (χ0n) is 7.55. The smallest absolute Gasteiger partial charge is 0.139 e. The highest BCUT2D eigenvalue weighted by atomic mass is 16.1. The third kappa shape index (κ3) is 0.743. The molecule has 0 aliphatic heterocycles. The van der Waals surface area contributed by atoms with Crippen molar-refractivity contribution >= 4 is 5.78 Å². The second-order valence-electron chi connectivity index (χ2n) is 4.77. The van der Waals surface area contributed by atoms with Gasteiger partial charge in [-0.05, 0) is 24.2 Å². The van der Waals surface area contributed by atoms with Crippen molar-refractivity contribution in [3.05, 3.63) is 0 Å². The van der Waals surface area contributed by atoms with Crippen LogP contribution in [-0.4, -0.2) is 5.78 Å². The predicted octanol–water partition coefficient (Wildman–Crippen LogP) is 2.26. The fourth-order valence-corrected chi connectivity index (χ4v) is 3.06. The van der Waals surface area contributed by atoms with Crippen molar-refractivity contribution in [2.24, 2.45) is 23.2 Å². The van der Waals surface area contributed by atoms with E-state index in [1.54, 1.807) is 0 Å². The van der Waals surface area contributed by atoms with Gasteiger partial charge in [0.2, 0.25) is 0 Å². The summed E-state index contributed by atoms with van der Waals surface area (Å²) in [6.07, 6.45) is 2.43. The molecule has 2 aliphatic carbocycles. The minimum absolute atomic E-state index is 0.337. The summed E-state index contributed by atoms with van der Waals surface area (Å²) < 4.78 is 0. The molecule has 0 heterocycles. The Kier molecular flexibility index (Phi) is 1.25. The quantitative estimate of drug-likeness (QED) is 0.520. The molecule has 11 heavy (non-hydrogen) atoms. The number of ketones is 1. The summed E-state index contributed by atoms with van der Waals surface area (Å²) in [6, 6.07) is 0. The highest BCUT2D eigenvalue weighted by Gasteiger charge is 2.55. The molecular formula is C10H16O. The van der Waals surface area contributed by atoms with Crippen molar-refractivity contribution < 1.29 is 4.79 Å². The second kappa shape index (κ2) is 1.88. The minimum Gasteiger partial charge on any atom is -0.299 e. The molecule has 2 bridgehead atoms. The number of carbonyl (C=O) groups excluding carboxylic acids is 1. The Labute approximate surface area is 68.2 Å². The van der Waals surface area contributed by atoms with Crippen LogP contribution in [0.2, 0.25) is 0 Å². The first-order valence-electron chi connectivity index (χ1n) is 4.58. The molecule has 1 nitrogen and oxygen atoms in total. The highest BCUT2D eigenvalue weighted by molar-refractivity contribution is 5.87. The van der Waals surface area contributed by atoms with Crippen LogP contribution in [-0.2, 0) is 4.79 Å². The maximum absolute atomic E-state index is 11.6. The van der Waals surface area contributed by atoms with Crippen molar-refractivity contribution in [2.75, 3.05) is 0 Å². The summed E-state index contributed by atoms with van der Waals surface area (Å²) in [4.78, 5) is 11.6. The van der Waals surface area contributed by atoms with Crippen LogP contribution in [0, 0.1) is 23.2 Å². The first kappa shape index (κ1) is 7.33. The Bertz CT molecular complexity index is 209. The molecule has 0 amide bonds. The average molecular weight is 152 g/mol. The molecule has 0 aromatic carbocycles. The molecule has 0 N–H and O–H groups in total. The SMILES string of the molecule is C[C@@H]1C[C@]2(C)C[C@H]1C(=O)[C@H]2C. The predicted molar refractivity (Wildman–Crippen MR) is 44.2 cm³/mol. The molecule has 0 saturated heterocycles. The van der Waals surface area contributed by atoms with Gasteiger partial charge in [0.15, 0.2) is 0 Å². The van der Waals surface area contributed by atoms with E-state index in [9.17, 15) is 4.79 Å². The number of Topliss-reactive ketones (excluding diaryl/α,β-unsaturated/α-hetero) is 1. The van der Waals surface area contributed by atoms with E-state index in [1.165, 1.54) is 6.42 Å². The normalized spacial score (nSPS) is 55.5. The molecule has 4 atom stereocenters. The number of hydrogen-bond donors (Lipinski definition) is 0. The second-order valence-corrected chi connectivity index (χ2v) is 4.77. The van der Waals surface area contributed by atoms with Crippen LogP contribution < -0.4 is 0 Å². The van der Waals surface area contributed by atoms with Gasteiger partial charge in [0.05, 0.1) is 0 Å². The molecule has 0 radical (unpaired) electrons.